The average Bonchev–Trinajstić information content (AvgIpc) is 2.76. The van der Waals surface area contributed by atoms with Crippen LogP contribution in [0.3, 0.4) is 0 Å². The Bertz CT molecular complexity index is 1270. The standard InChI is InChI=1S/C23H21NO7S/c1-32(28,29)31-24-22(16-8-3-2-4-9-16)23(27)19-13-14-20(30-15-7-12-21(25)26)18-11-6-5-10-17(18)19/h2-6,8-11,13-14H,7,12,15H2,1H3,(H,25,26)/b24-22+. The molecule has 0 unspecified atom stereocenters. The summed E-state index contributed by atoms with van der Waals surface area (Å²) >= 11 is 0. The highest BCUT2D eigenvalue weighted by atomic mass is 32.2. The molecule has 3 aromatic carbocycles. The van der Waals surface area contributed by atoms with Gasteiger partial charge in [0, 0.05) is 22.9 Å². The molecule has 0 atom stereocenters. The summed E-state index contributed by atoms with van der Waals surface area (Å²) in [6, 6.07) is 18.7. The summed E-state index contributed by atoms with van der Waals surface area (Å²) in [6.07, 6.45) is 1.18. The van der Waals surface area contributed by atoms with Crippen LogP contribution in [-0.4, -0.2) is 43.9 Å². The van der Waals surface area contributed by atoms with Crippen LogP contribution in [0, 0.1) is 0 Å². The Morgan fingerprint density at radius 3 is 2.25 bits per heavy atom. The Morgan fingerprint density at radius 1 is 0.938 bits per heavy atom. The van der Waals surface area contributed by atoms with Crippen LogP contribution >= 0.6 is 0 Å². The number of hydrogen-bond acceptors (Lipinski definition) is 7. The van der Waals surface area contributed by atoms with Crippen LogP contribution in [0.1, 0.15) is 28.8 Å². The van der Waals surface area contributed by atoms with Gasteiger partial charge < -0.3 is 9.84 Å². The van der Waals surface area contributed by atoms with Crippen molar-refractivity contribution in [2.75, 3.05) is 12.9 Å². The molecular weight excluding hydrogens is 434 g/mol. The van der Waals surface area contributed by atoms with Gasteiger partial charge in [0.25, 0.3) is 0 Å². The van der Waals surface area contributed by atoms with E-state index in [0.29, 0.717) is 28.5 Å². The van der Waals surface area contributed by atoms with E-state index in [1.807, 2.05) is 0 Å². The number of Topliss-reactive ketones (excluding diaryl/α,β-unsaturated/α-hetero) is 1. The van der Waals surface area contributed by atoms with Crippen LogP contribution < -0.4 is 4.74 Å². The van der Waals surface area contributed by atoms with Crippen molar-refractivity contribution < 1.29 is 32.1 Å². The monoisotopic (exact) mass is 455 g/mol. The van der Waals surface area contributed by atoms with E-state index in [-0.39, 0.29) is 24.3 Å². The summed E-state index contributed by atoms with van der Waals surface area (Å²) in [7, 11) is -3.91. The minimum Gasteiger partial charge on any atom is -0.493 e. The summed E-state index contributed by atoms with van der Waals surface area (Å²) in [6.45, 7) is 0.211. The number of benzene rings is 3. The van der Waals surface area contributed by atoms with Gasteiger partial charge in [-0.15, -0.1) is 0 Å². The summed E-state index contributed by atoms with van der Waals surface area (Å²) < 4.78 is 33.2. The molecule has 0 saturated carbocycles. The van der Waals surface area contributed by atoms with E-state index >= 15 is 0 Å². The number of carboxylic acids is 1. The van der Waals surface area contributed by atoms with Crippen molar-refractivity contribution in [3.63, 3.8) is 0 Å². The van der Waals surface area contributed by atoms with E-state index in [0.717, 1.165) is 6.26 Å². The number of carboxylic acid groups (broad SMARTS) is 1. The van der Waals surface area contributed by atoms with Crippen LogP contribution in [0.25, 0.3) is 10.8 Å². The summed E-state index contributed by atoms with van der Waals surface area (Å²) in [5, 5.41) is 13.6. The number of ketones is 1. The molecule has 0 aromatic heterocycles. The molecule has 0 bridgehead atoms. The Labute approximate surface area is 185 Å². The highest BCUT2D eigenvalue weighted by molar-refractivity contribution is 7.85. The lowest BCUT2D eigenvalue weighted by Crippen LogP contribution is -2.18. The van der Waals surface area contributed by atoms with Crippen molar-refractivity contribution in [2.24, 2.45) is 5.16 Å². The van der Waals surface area contributed by atoms with E-state index in [4.69, 9.17) is 9.84 Å². The molecule has 0 radical (unpaired) electrons. The molecule has 0 aliphatic rings. The van der Waals surface area contributed by atoms with E-state index in [1.165, 1.54) is 0 Å². The number of carbonyl (C=O) groups is 2. The molecule has 9 heteroatoms. The molecule has 32 heavy (non-hydrogen) atoms. The first-order chi connectivity index (χ1) is 15.3. The third-order valence-corrected chi connectivity index (χ3v) is 4.79. The number of rotatable bonds is 10. The molecule has 8 nitrogen and oxygen atoms in total. The van der Waals surface area contributed by atoms with Crippen molar-refractivity contribution in [3.8, 4) is 5.75 Å². The van der Waals surface area contributed by atoms with Gasteiger partial charge >= 0.3 is 16.1 Å². The third-order valence-electron chi connectivity index (χ3n) is 4.45. The maximum atomic E-state index is 13.4. The molecule has 0 aliphatic heterocycles. The first kappa shape index (κ1) is 23.0. The van der Waals surface area contributed by atoms with E-state index in [9.17, 15) is 18.0 Å². The van der Waals surface area contributed by atoms with E-state index < -0.39 is 21.9 Å². The molecule has 0 saturated heterocycles. The van der Waals surface area contributed by atoms with E-state index in [1.54, 1.807) is 66.7 Å². The summed E-state index contributed by atoms with van der Waals surface area (Å²) in [4.78, 5) is 24.1. The number of fused-ring (bicyclic) bond motifs is 1. The zero-order valence-electron chi connectivity index (χ0n) is 17.2. The third kappa shape index (κ3) is 5.92. The van der Waals surface area contributed by atoms with Crippen molar-refractivity contribution in [1.29, 1.82) is 0 Å². The average molecular weight is 455 g/mol. The molecule has 0 aliphatic carbocycles. The van der Waals surface area contributed by atoms with Crippen molar-refractivity contribution in [1.82, 2.24) is 0 Å². The molecule has 0 heterocycles. The fourth-order valence-corrected chi connectivity index (χ4v) is 3.26. The van der Waals surface area contributed by atoms with Gasteiger partial charge in [0.2, 0.25) is 5.78 Å². The van der Waals surface area contributed by atoms with Crippen LogP contribution in [0.4, 0.5) is 0 Å². The summed E-state index contributed by atoms with van der Waals surface area (Å²) in [5.41, 5.74) is 0.536. The molecule has 0 amide bonds. The van der Waals surface area contributed by atoms with Gasteiger partial charge in [-0.1, -0.05) is 59.8 Å². The predicted octanol–water partition coefficient (Wildman–Crippen LogP) is 3.65. The van der Waals surface area contributed by atoms with Gasteiger partial charge in [0.15, 0.2) is 5.71 Å². The lowest BCUT2D eigenvalue weighted by atomic mass is 9.95. The maximum Gasteiger partial charge on any atom is 0.325 e. The Kier molecular flexibility index (Phi) is 7.21. The number of carbonyl (C=O) groups excluding carboxylic acids is 1. The lowest BCUT2D eigenvalue weighted by Gasteiger charge is -2.13. The number of nitrogens with zero attached hydrogens (tertiary/aromatic N) is 1. The predicted molar refractivity (Wildman–Crippen MR) is 120 cm³/mol. The minimum absolute atomic E-state index is 0.00820. The quantitative estimate of drug-likeness (QED) is 0.214. The smallest absolute Gasteiger partial charge is 0.325 e. The van der Waals surface area contributed by atoms with Gasteiger partial charge in [0.1, 0.15) is 5.75 Å². The second kappa shape index (κ2) is 10.1. The molecule has 0 fully saturated rings. The number of aliphatic carboxylic acids is 1. The normalized spacial score (nSPS) is 11.8. The maximum absolute atomic E-state index is 13.4. The SMILES string of the molecule is CS(=O)(=O)O/N=C(/C(=O)c1ccc(OCCCC(=O)O)c2ccccc12)c1ccccc1. The van der Waals surface area contributed by atoms with Gasteiger partial charge in [-0.3, -0.25) is 13.9 Å². The van der Waals surface area contributed by atoms with Crippen LogP contribution in [0.15, 0.2) is 71.9 Å². The number of ether oxygens (including phenoxy) is 1. The fraction of sp³-hybridized carbons (Fsp3) is 0.174. The Balaban J connectivity index is 2.00. The minimum atomic E-state index is -3.91. The first-order valence-electron chi connectivity index (χ1n) is 9.69. The Morgan fingerprint density at radius 2 is 1.59 bits per heavy atom. The zero-order chi connectivity index (χ0) is 23.1. The zero-order valence-corrected chi connectivity index (χ0v) is 18.0. The lowest BCUT2D eigenvalue weighted by molar-refractivity contribution is -0.137. The van der Waals surface area contributed by atoms with Crippen molar-refractivity contribution in [2.45, 2.75) is 12.8 Å². The molecule has 3 rings (SSSR count). The highest BCUT2D eigenvalue weighted by Crippen LogP contribution is 2.30. The second-order valence-electron chi connectivity index (χ2n) is 6.92. The highest BCUT2D eigenvalue weighted by Gasteiger charge is 2.21. The van der Waals surface area contributed by atoms with E-state index in [2.05, 4.69) is 9.44 Å². The Hall–Kier alpha value is -3.72. The number of oxime groups is 1. The molecule has 1 N–H and O–H groups in total. The second-order valence-corrected chi connectivity index (χ2v) is 8.47. The van der Waals surface area contributed by atoms with Crippen LogP contribution in [-0.2, 0) is 19.2 Å². The molecular formula is C23H21NO7S. The van der Waals surface area contributed by atoms with Gasteiger partial charge in [-0.2, -0.15) is 8.42 Å². The van der Waals surface area contributed by atoms with Gasteiger partial charge in [0.05, 0.1) is 12.9 Å². The fourth-order valence-electron chi connectivity index (χ4n) is 3.05. The topological polar surface area (TPSA) is 119 Å². The number of hydrogen-bond donors (Lipinski definition) is 1. The van der Waals surface area contributed by atoms with Crippen molar-refractivity contribution in [3.05, 3.63) is 77.9 Å². The molecule has 166 valence electrons. The van der Waals surface area contributed by atoms with Crippen LogP contribution in [0.5, 0.6) is 5.75 Å². The summed E-state index contributed by atoms with van der Waals surface area (Å²) in [5.74, 6) is -0.912. The molecule has 0 spiro atoms. The van der Waals surface area contributed by atoms with Gasteiger partial charge in [-0.05, 0) is 23.9 Å². The molecule has 3 aromatic rings. The van der Waals surface area contributed by atoms with Gasteiger partial charge in [-0.25, -0.2) is 0 Å². The van der Waals surface area contributed by atoms with Crippen molar-refractivity contribution >= 4 is 38.4 Å². The first-order valence-corrected chi connectivity index (χ1v) is 11.5. The largest absolute Gasteiger partial charge is 0.493 e. The van der Waals surface area contributed by atoms with Crippen LogP contribution in [0.2, 0.25) is 0 Å².